The molecule has 0 spiro atoms. The van der Waals surface area contributed by atoms with Crippen LogP contribution >= 0.6 is 23.2 Å². The summed E-state index contributed by atoms with van der Waals surface area (Å²) >= 11 is 12.0. The van der Waals surface area contributed by atoms with Gasteiger partial charge in [-0.3, -0.25) is 0 Å². The molecule has 0 atom stereocenters. The minimum atomic E-state index is -0.252. The molecule has 0 aromatic heterocycles. The maximum atomic E-state index is 12.9. The lowest BCUT2D eigenvalue weighted by atomic mass is 10.1. The molecule has 1 fully saturated rings. The number of nitrogens with one attached hydrogen (secondary N) is 1. The lowest BCUT2D eigenvalue weighted by Crippen LogP contribution is -2.52. The molecule has 1 aliphatic rings. The second-order valence-corrected chi connectivity index (χ2v) is 7.00. The Labute approximate surface area is 162 Å². The number of benzene rings is 2. The maximum Gasteiger partial charge on any atom is 0.317 e. The van der Waals surface area contributed by atoms with Gasteiger partial charge < -0.3 is 15.1 Å². The Kier molecular flexibility index (Phi) is 6.22. The average molecular weight is 396 g/mol. The van der Waals surface area contributed by atoms with E-state index in [1.54, 1.807) is 23.1 Å². The van der Waals surface area contributed by atoms with Crippen LogP contribution in [0.3, 0.4) is 0 Å². The van der Waals surface area contributed by atoms with Crippen LogP contribution < -0.4 is 10.2 Å². The second-order valence-electron chi connectivity index (χ2n) is 6.18. The molecule has 0 bridgehead atoms. The Balaban J connectivity index is 1.44. The largest absolute Gasteiger partial charge is 0.368 e. The molecular formula is C19H20Cl2FN3O. The van der Waals surface area contributed by atoms with Crippen LogP contribution in [0.15, 0.2) is 42.5 Å². The van der Waals surface area contributed by atoms with Crippen LogP contribution in [0.25, 0.3) is 0 Å². The molecule has 0 aliphatic carbocycles. The lowest BCUT2D eigenvalue weighted by Gasteiger charge is -2.36. The zero-order chi connectivity index (χ0) is 18.5. The van der Waals surface area contributed by atoms with E-state index in [0.29, 0.717) is 36.1 Å². The van der Waals surface area contributed by atoms with E-state index in [4.69, 9.17) is 23.2 Å². The van der Waals surface area contributed by atoms with Gasteiger partial charge in [-0.05, 0) is 42.3 Å². The molecule has 4 nitrogen and oxygen atoms in total. The predicted octanol–water partition coefficient (Wildman–Crippen LogP) is 4.21. The molecule has 138 valence electrons. The average Bonchev–Trinajstić information content (AvgIpc) is 2.65. The summed E-state index contributed by atoms with van der Waals surface area (Å²) in [5.41, 5.74) is 2.01. The first kappa shape index (κ1) is 18.8. The maximum absolute atomic E-state index is 12.9. The molecule has 2 aromatic carbocycles. The van der Waals surface area contributed by atoms with Crippen LogP contribution in [0.4, 0.5) is 14.9 Å². The number of piperazine rings is 1. The van der Waals surface area contributed by atoms with Gasteiger partial charge in [0.25, 0.3) is 0 Å². The number of hydrogen-bond donors (Lipinski definition) is 1. The van der Waals surface area contributed by atoms with Crippen molar-refractivity contribution in [2.24, 2.45) is 0 Å². The van der Waals surface area contributed by atoms with Gasteiger partial charge in [0.15, 0.2) is 0 Å². The van der Waals surface area contributed by atoms with Gasteiger partial charge in [-0.15, -0.1) is 0 Å². The van der Waals surface area contributed by atoms with E-state index in [1.165, 1.54) is 12.1 Å². The number of anilines is 1. The van der Waals surface area contributed by atoms with E-state index in [9.17, 15) is 9.18 Å². The summed E-state index contributed by atoms with van der Waals surface area (Å²) in [5, 5.41) is 3.99. The third-order valence-electron chi connectivity index (χ3n) is 4.44. The minimum absolute atomic E-state index is 0.0686. The zero-order valence-electron chi connectivity index (χ0n) is 14.2. The zero-order valence-corrected chi connectivity index (χ0v) is 15.7. The van der Waals surface area contributed by atoms with Gasteiger partial charge in [-0.25, -0.2) is 9.18 Å². The van der Waals surface area contributed by atoms with Crippen LogP contribution in [0.2, 0.25) is 10.0 Å². The summed E-state index contributed by atoms with van der Waals surface area (Å²) in [6.07, 6.45) is 0.676. The first-order valence-corrected chi connectivity index (χ1v) is 9.26. The van der Waals surface area contributed by atoms with Crippen molar-refractivity contribution in [2.45, 2.75) is 6.42 Å². The lowest BCUT2D eigenvalue weighted by molar-refractivity contribution is 0.194. The highest BCUT2D eigenvalue weighted by Gasteiger charge is 2.21. The molecule has 7 heteroatoms. The SMILES string of the molecule is O=C(NCCc1ccc(F)cc1)N1CCN(c2ccc(Cl)c(Cl)c2)CC1. The van der Waals surface area contributed by atoms with Crippen LogP contribution in [0, 0.1) is 5.82 Å². The second kappa shape index (κ2) is 8.60. The summed E-state index contributed by atoms with van der Waals surface area (Å²) < 4.78 is 12.9. The molecule has 2 aromatic rings. The van der Waals surface area contributed by atoms with Crippen LogP contribution in [0.5, 0.6) is 0 Å². The summed E-state index contributed by atoms with van der Waals surface area (Å²) in [6, 6.07) is 11.8. The van der Waals surface area contributed by atoms with Gasteiger partial charge >= 0.3 is 6.03 Å². The van der Waals surface area contributed by atoms with E-state index in [2.05, 4.69) is 10.2 Å². The molecule has 3 rings (SSSR count). The summed E-state index contributed by atoms with van der Waals surface area (Å²) in [7, 11) is 0. The number of amides is 2. The number of carbonyl (C=O) groups excluding carboxylic acids is 1. The van der Waals surface area contributed by atoms with Crippen molar-refractivity contribution in [1.29, 1.82) is 0 Å². The fraction of sp³-hybridized carbons (Fsp3) is 0.316. The van der Waals surface area contributed by atoms with Crippen molar-refractivity contribution in [3.8, 4) is 0 Å². The van der Waals surface area contributed by atoms with Crippen LogP contribution in [0.1, 0.15) is 5.56 Å². The Morgan fingerprint density at radius 2 is 1.69 bits per heavy atom. The fourth-order valence-electron chi connectivity index (χ4n) is 2.93. The van der Waals surface area contributed by atoms with Crippen molar-refractivity contribution in [3.63, 3.8) is 0 Å². The third kappa shape index (κ3) is 4.80. The van der Waals surface area contributed by atoms with E-state index in [0.717, 1.165) is 24.3 Å². The molecule has 1 aliphatic heterocycles. The molecule has 1 N–H and O–H groups in total. The summed E-state index contributed by atoms with van der Waals surface area (Å²) in [5.74, 6) is -0.252. The number of urea groups is 1. The molecule has 26 heavy (non-hydrogen) atoms. The van der Waals surface area contributed by atoms with Crippen molar-refractivity contribution < 1.29 is 9.18 Å². The quantitative estimate of drug-likeness (QED) is 0.841. The molecule has 0 radical (unpaired) electrons. The number of rotatable bonds is 4. The summed E-state index contributed by atoms with van der Waals surface area (Å²) in [4.78, 5) is 16.3. The van der Waals surface area contributed by atoms with E-state index < -0.39 is 0 Å². The minimum Gasteiger partial charge on any atom is -0.368 e. The van der Waals surface area contributed by atoms with Gasteiger partial charge in [-0.1, -0.05) is 35.3 Å². The highest BCUT2D eigenvalue weighted by Crippen LogP contribution is 2.27. The predicted molar refractivity (Wildman–Crippen MR) is 104 cm³/mol. The fourth-order valence-corrected chi connectivity index (χ4v) is 3.22. The Hall–Kier alpha value is -1.98. The highest BCUT2D eigenvalue weighted by molar-refractivity contribution is 6.42. The van der Waals surface area contributed by atoms with Crippen molar-refractivity contribution in [1.82, 2.24) is 10.2 Å². The first-order chi connectivity index (χ1) is 12.5. The Morgan fingerprint density at radius 3 is 2.35 bits per heavy atom. The van der Waals surface area contributed by atoms with Crippen molar-refractivity contribution in [3.05, 3.63) is 63.9 Å². The van der Waals surface area contributed by atoms with Gasteiger partial charge in [0.2, 0.25) is 0 Å². The molecule has 0 unspecified atom stereocenters. The molecule has 1 heterocycles. The highest BCUT2D eigenvalue weighted by atomic mass is 35.5. The summed E-state index contributed by atoms with van der Waals surface area (Å²) in [6.45, 7) is 3.29. The molecular weight excluding hydrogens is 376 g/mol. The van der Waals surface area contributed by atoms with Crippen molar-refractivity contribution in [2.75, 3.05) is 37.6 Å². The molecule has 1 saturated heterocycles. The molecule has 0 saturated carbocycles. The number of carbonyl (C=O) groups is 1. The third-order valence-corrected chi connectivity index (χ3v) is 5.18. The standard InChI is InChI=1S/C19H20Cl2FN3O/c20-17-6-5-16(13-18(17)21)24-9-11-25(12-10-24)19(26)23-8-7-14-1-3-15(22)4-2-14/h1-6,13H,7-12H2,(H,23,26). The number of nitrogens with zero attached hydrogens (tertiary/aromatic N) is 2. The topological polar surface area (TPSA) is 35.6 Å². The van der Waals surface area contributed by atoms with Gasteiger partial charge in [0.05, 0.1) is 10.0 Å². The smallest absolute Gasteiger partial charge is 0.317 e. The van der Waals surface area contributed by atoms with E-state index in [1.807, 2.05) is 12.1 Å². The van der Waals surface area contributed by atoms with Crippen LogP contribution in [-0.2, 0) is 6.42 Å². The number of halogens is 3. The van der Waals surface area contributed by atoms with Gasteiger partial charge in [0.1, 0.15) is 5.82 Å². The monoisotopic (exact) mass is 395 g/mol. The van der Waals surface area contributed by atoms with Crippen LogP contribution in [-0.4, -0.2) is 43.7 Å². The van der Waals surface area contributed by atoms with E-state index in [-0.39, 0.29) is 11.8 Å². The normalized spacial score (nSPS) is 14.4. The Morgan fingerprint density at radius 1 is 1.00 bits per heavy atom. The van der Waals surface area contributed by atoms with Crippen molar-refractivity contribution >= 4 is 34.9 Å². The van der Waals surface area contributed by atoms with Gasteiger partial charge in [-0.2, -0.15) is 0 Å². The number of hydrogen-bond acceptors (Lipinski definition) is 2. The van der Waals surface area contributed by atoms with Gasteiger partial charge in [0, 0.05) is 38.4 Å². The molecule has 2 amide bonds. The van der Waals surface area contributed by atoms with E-state index >= 15 is 0 Å². The Bertz CT molecular complexity index is 762. The first-order valence-electron chi connectivity index (χ1n) is 8.50.